The standard InChI is InChI=1S/C27H34N2O5/c1-5-32-25(30)20-33-24-14-10-22(11-15-24)7-6-21-8-12-23(13-9-21)28-16-18-29(19-17-28)26(31)34-27(2,3)4/h6-15H,5,16-20H2,1-4H3. The molecule has 1 aliphatic rings. The molecule has 2 aromatic rings. The van der Waals surface area contributed by atoms with Crippen molar-refractivity contribution in [1.29, 1.82) is 0 Å². The van der Waals surface area contributed by atoms with E-state index in [1.54, 1.807) is 11.8 Å². The van der Waals surface area contributed by atoms with Gasteiger partial charge in [-0.3, -0.25) is 0 Å². The summed E-state index contributed by atoms with van der Waals surface area (Å²) in [7, 11) is 0. The van der Waals surface area contributed by atoms with E-state index in [1.807, 2.05) is 51.1 Å². The monoisotopic (exact) mass is 466 g/mol. The van der Waals surface area contributed by atoms with E-state index in [-0.39, 0.29) is 18.7 Å². The second kappa shape index (κ2) is 11.6. The fraction of sp³-hybridized carbons (Fsp3) is 0.407. The van der Waals surface area contributed by atoms with Crippen LogP contribution >= 0.6 is 0 Å². The van der Waals surface area contributed by atoms with Crippen LogP contribution in [0.25, 0.3) is 12.2 Å². The minimum atomic E-state index is -0.475. The molecule has 0 atom stereocenters. The Hall–Kier alpha value is -3.48. The van der Waals surface area contributed by atoms with Crippen molar-refractivity contribution in [2.75, 3.05) is 44.3 Å². The fourth-order valence-electron chi connectivity index (χ4n) is 3.48. The van der Waals surface area contributed by atoms with Gasteiger partial charge in [0.25, 0.3) is 0 Å². The maximum atomic E-state index is 12.2. The molecule has 1 aliphatic heterocycles. The van der Waals surface area contributed by atoms with Gasteiger partial charge in [0.2, 0.25) is 0 Å². The fourth-order valence-corrected chi connectivity index (χ4v) is 3.48. The topological polar surface area (TPSA) is 68.3 Å². The highest BCUT2D eigenvalue weighted by Crippen LogP contribution is 2.20. The molecule has 2 aromatic carbocycles. The molecule has 0 N–H and O–H groups in total. The normalized spacial score (nSPS) is 14.2. The molecule has 1 amide bonds. The maximum absolute atomic E-state index is 12.2. The van der Waals surface area contributed by atoms with E-state index >= 15 is 0 Å². The van der Waals surface area contributed by atoms with E-state index in [1.165, 1.54) is 0 Å². The molecule has 182 valence electrons. The van der Waals surface area contributed by atoms with Crippen LogP contribution in [0.1, 0.15) is 38.8 Å². The molecular weight excluding hydrogens is 432 g/mol. The number of nitrogens with zero attached hydrogens (tertiary/aromatic N) is 2. The number of hydrogen-bond acceptors (Lipinski definition) is 6. The number of hydrogen-bond donors (Lipinski definition) is 0. The summed E-state index contributed by atoms with van der Waals surface area (Å²) in [4.78, 5) is 27.7. The number of carbonyl (C=O) groups is 2. The number of amides is 1. The van der Waals surface area contributed by atoms with E-state index in [0.29, 0.717) is 25.4 Å². The molecule has 0 aromatic heterocycles. The zero-order valence-electron chi connectivity index (χ0n) is 20.5. The lowest BCUT2D eigenvalue weighted by Crippen LogP contribution is -2.50. The van der Waals surface area contributed by atoms with Gasteiger partial charge in [-0.2, -0.15) is 0 Å². The summed E-state index contributed by atoms with van der Waals surface area (Å²) in [5.74, 6) is 0.251. The minimum absolute atomic E-state index is 0.0918. The van der Waals surface area contributed by atoms with Crippen molar-refractivity contribution in [3.8, 4) is 5.75 Å². The zero-order valence-corrected chi connectivity index (χ0v) is 20.5. The first-order valence-electron chi connectivity index (χ1n) is 11.6. The number of carbonyl (C=O) groups excluding carboxylic acids is 2. The summed E-state index contributed by atoms with van der Waals surface area (Å²) in [5, 5.41) is 0. The van der Waals surface area contributed by atoms with Gasteiger partial charge in [0.05, 0.1) is 6.61 Å². The van der Waals surface area contributed by atoms with Gasteiger partial charge in [0, 0.05) is 31.9 Å². The van der Waals surface area contributed by atoms with Crippen molar-refractivity contribution >= 4 is 29.9 Å². The highest BCUT2D eigenvalue weighted by atomic mass is 16.6. The Labute approximate surface area is 201 Å². The molecule has 1 heterocycles. The molecule has 34 heavy (non-hydrogen) atoms. The average Bonchev–Trinajstić information content (AvgIpc) is 2.82. The number of anilines is 1. The Morgan fingerprint density at radius 1 is 0.882 bits per heavy atom. The van der Waals surface area contributed by atoms with Gasteiger partial charge in [-0.1, -0.05) is 36.4 Å². The van der Waals surface area contributed by atoms with Crippen LogP contribution in [0.2, 0.25) is 0 Å². The largest absolute Gasteiger partial charge is 0.482 e. The Morgan fingerprint density at radius 2 is 1.44 bits per heavy atom. The van der Waals surface area contributed by atoms with E-state index < -0.39 is 5.60 Å². The number of ether oxygens (including phenoxy) is 3. The highest BCUT2D eigenvalue weighted by molar-refractivity contribution is 5.72. The SMILES string of the molecule is CCOC(=O)COc1ccc(C=Cc2ccc(N3CCN(C(=O)OC(C)(C)C)CC3)cc2)cc1. The summed E-state index contributed by atoms with van der Waals surface area (Å²) < 4.78 is 15.7. The molecule has 0 aliphatic carbocycles. The van der Waals surface area contributed by atoms with Gasteiger partial charge in [-0.25, -0.2) is 9.59 Å². The van der Waals surface area contributed by atoms with Crippen molar-refractivity contribution in [3.63, 3.8) is 0 Å². The third-order valence-electron chi connectivity index (χ3n) is 5.20. The number of benzene rings is 2. The van der Waals surface area contributed by atoms with Crippen LogP contribution in [0, 0.1) is 0 Å². The Bertz CT molecular complexity index is 970. The summed E-state index contributed by atoms with van der Waals surface area (Å²) in [6.45, 7) is 10.5. The second-order valence-electron chi connectivity index (χ2n) is 9.04. The van der Waals surface area contributed by atoms with E-state index in [4.69, 9.17) is 14.2 Å². The lowest BCUT2D eigenvalue weighted by molar-refractivity contribution is -0.145. The highest BCUT2D eigenvalue weighted by Gasteiger charge is 2.25. The van der Waals surface area contributed by atoms with Crippen molar-refractivity contribution < 1.29 is 23.8 Å². The molecule has 0 saturated carbocycles. The van der Waals surface area contributed by atoms with Gasteiger partial charge < -0.3 is 24.0 Å². The Kier molecular flexibility index (Phi) is 8.57. The molecule has 7 nitrogen and oxygen atoms in total. The predicted octanol–water partition coefficient (Wildman–Crippen LogP) is 4.86. The van der Waals surface area contributed by atoms with Gasteiger partial charge >= 0.3 is 12.1 Å². The van der Waals surface area contributed by atoms with E-state index in [9.17, 15) is 9.59 Å². The number of rotatable bonds is 7. The van der Waals surface area contributed by atoms with Crippen molar-refractivity contribution in [2.24, 2.45) is 0 Å². The molecule has 0 bridgehead atoms. The van der Waals surface area contributed by atoms with Crippen LogP contribution < -0.4 is 9.64 Å². The quantitative estimate of drug-likeness (QED) is 0.429. The van der Waals surface area contributed by atoms with Crippen LogP contribution in [0.5, 0.6) is 5.75 Å². The Balaban J connectivity index is 1.48. The predicted molar refractivity (Wildman–Crippen MR) is 134 cm³/mol. The maximum Gasteiger partial charge on any atom is 0.410 e. The summed E-state index contributed by atoms with van der Waals surface area (Å²) in [5.41, 5.74) is 2.80. The average molecular weight is 467 g/mol. The molecule has 3 rings (SSSR count). The number of esters is 1. The van der Waals surface area contributed by atoms with Crippen molar-refractivity contribution in [3.05, 3.63) is 59.7 Å². The smallest absolute Gasteiger partial charge is 0.410 e. The molecule has 0 spiro atoms. The molecule has 1 saturated heterocycles. The first-order valence-corrected chi connectivity index (χ1v) is 11.6. The Morgan fingerprint density at radius 3 is 1.97 bits per heavy atom. The number of piperazine rings is 1. The van der Waals surface area contributed by atoms with Crippen LogP contribution in [0.15, 0.2) is 48.5 Å². The summed E-state index contributed by atoms with van der Waals surface area (Å²) >= 11 is 0. The summed E-state index contributed by atoms with van der Waals surface area (Å²) in [6.07, 6.45) is 3.84. The first kappa shape index (κ1) is 25.1. The van der Waals surface area contributed by atoms with Crippen LogP contribution in [0.4, 0.5) is 10.5 Å². The molecule has 1 fully saturated rings. The lowest BCUT2D eigenvalue weighted by atomic mass is 10.1. The van der Waals surface area contributed by atoms with Crippen molar-refractivity contribution in [1.82, 2.24) is 4.90 Å². The van der Waals surface area contributed by atoms with E-state index in [0.717, 1.165) is 29.9 Å². The molecule has 0 unspecified atom stereocenters. The molecule has 7 heteroatoms. The van der Waals surface area contributed by atoms with Crippen LogP contribution in [-0.4, -0.2) is 62.0 Å². The van der Waals surface area contributed by atoms with Gasteiger partial charge in [-0.15, -0.1) is 0 Å². The van der Waals surface area contributed by atoms with Crippen LogP contribution in [0.3, 0.4) is 0 Å². The minimum Gasteiger partial charge on any atom is -0.482 e. The van der Waals surface area contributed by atoms with Gasteiger partial charge in [-0.05, 0) is 63.1 Å². The van der Waals surface area contributed by atoms with Gasteiger partial charge in [0.1, 0.15) is 11.4 Å². The second-order valence-corrected chi connectivity index (χ2v) is 9.04. The molecule has 0 radical (unpaired) electrons. The zero-order chi connectivity index (χ0) is 24.6. The first-order chi connectivity index (χ1) is 16.2. The third kappa shape index (κ3) is 7.83. The van der Waals surface area contributed by atoms with E-state index in [2.05, 4.69) is 35.2 Å². The lowest BCUT2D eigenvalue weighted by Gasteiger charge is -2.36. The third-order valence-corrected chi connectivity index (χ3v) is 5.20. The molecular formula is C27H34N2O5. The van der Waals surface area contributed by atoms with Crippen molar-refractivity contribution in [2.45, 2.75) is 33.3 Å². The van der Waals surface area contributed by atoms with Gasteiger partial charge in [0.15, 0.2) is 6.61 Å². The summed E-state index contributed by atoms with van der Waals surface area (Å²) in [6, 6.07) is 15.9. The van der Waals surface area contributed by atoms with Crippen LogP contribution in [-0.2, 0) is 14.3 Å².